The van der Waals surface area contributed by atoms with Crippen LogP contribution in [0.3, 0.4) is 0 Å². The summed E-state index contributed by atoms with van der Waals surface area (Å²) in [6.45, 7) is 8.67. The summed E-state index contributed by atoms with van der Waals surface area (Å²) in [7, 11) is 0. The van der Waals surface area contributed by atoms with Crippen LogP contribution in [0.1, 0.15) is 47.0 Å². The van der Waals surface area contributed by atoms with Gasteiger partial charge in [0.25, 0.3) is 0 Å². The molecule has 0 saturated heterocycles. The zero-order valence-corrected chi connectivity index (χ0v) is 9.39. The number of hydrogen-bond donors (Lipinski definition) is 1. The maximum absolute atomic E-state index is 10.9. The zero-order chi connectivity index (χ0) is 10.5. The fourth-order valence-corrected chi connectivity index (χ4v) is 0.833. The first-order chi connectivity index (χ1) is 6.31. The summed E-state index contributed by atoms with van der Waals surface area (Å²) in [6, 6.07) is 0. The van der Waals surface area contributed by atoms with Gasteiger partial charge in [0.15, 0.2) is 0 Å². The van der Waals surface area contributed by atoms with Crippen molar-refractivity contribution in [2.45, 2.75) is 47.0 Å². The van der Waals surface area contributed by atoms with E-state index in [4.69, 9.17) is 0 Å². The SMILES string of the molecule is C/C=C\CCCC(=O)NCC.CC. The van der Waals surface area contributed by atoms with Gasteiger partial charge in [0.05, 0.1) is 0 Å². The van der Waals surface area contributed by atoms with Gasteiger partial charge in [-0.25, -0.2) is 0 Å². The van der Waals surface area contributed by atoms with Crippen LogP contribution in [-0.2, 0) is 4.79 Å². The van der Waals surface area contributed by atoms with Gasteiger partial charge in [0.1, 0.15) is 0 Å². The minimum Gasteiger partial charge on any atom is -0.356 e. The Kier molecular flexibility index (Phi) is 15.6. The van der Waals surface area contributed by atoms with Crippen molar-refractivity contribution in [3.05, 3.63) is 12.2 Å². The van der Waals surface area contributed by atoms with E-state index in [-0.39, 0.29) is 5.91 Å². The number of rotatable bonds is 5. The Hall–Kier alpha value is -0.790. The van der Waals surface area contributed by atoms with E-state index < -0.39 is 0 Å². The lowest BCUT2D eigenvalue weighted by Gasteiger charge is -1.98. The fourth-order valence-electron chi connectivity index (χ4n) is 0.833. The van der Waals surface area contributed by atoms with Gasteiger partial charge < -0.3 is 5.32 Å². The molecular weight excluding hydrogens is 162 g/mol. The van der Waals surface area contributed by atoms with Crippen molar-refractivity contribution in [2.24, 2.45) is 0 Å². The molecule has 0 fully saturated rings. The summed E-state index contributed by atoms with van der Waals surface area (Å²) in [5.74, 6) is 0.164. The molecule has 0 aromatic rings. The number of nitrogens with one attached hydrogen (secondary N) is 1. The molecule has 2 heteroatoms. The summed E-state index contributed by atoms with van der Waals surface area (Å²) in [4.78, 5) is 10.9. The second-order valence-corrected chi connectivity index (χ2v) is 2.41. The molecule has 0 unspecified atom stereocenters. The lowest BCUT2D eigenvalue weighted by Crippen LogP contribution is -2.21. The molecule has 0 bridgehead atoms. The number of hydrogen-bond acceptors (Lipinski definition) is 1. The lowest BCUT2D eigenvalue weighted by atomic mass is 10.2. The van der Waals surface area contributed by atoms with Gasteiger partial charge >= 0.3 is 0 Å². The second kappa shape index (κ2) is 13.8. The molecular formula is C11H23NO. The van der Waals surface area contributed by atoms with E-state index in [2.05, 4.69) is 11.4 Å². The second-order valence-electron chi connectivity index (χ2n) is 2.41. The molecule has 0 aliphatic rings. The first-order valence-corrected chi connectivity index (χ1v) is 5.19. The highest BCUT2D eigenvalue weighted by Gasteiger charge is 1.95. The van der Waals surface area contributed by atoms with Crippen molar-refractivity contribution in [1.82, 2.24) is 5.32 Å². The van der Waals surface area contributed by atoms with Crippen molar-refractivity contribution in [3.8, 4) is 0 Å². The molecule has 0 atom stereocenters. The quantitative estimate of drug-likeness (QED) is 0.518. The van der Waals surface area contributed by atoms with E-state index in [0.29, 0.717) is 6.42 Å². The first-order valence-electron chi connectivity index (χ1n) is 5.19. The molecule has 0 heterocycles. The van der Waals surface area contributed by atoms with Crippen LogP contribution < -0.4 is 5.32 Å². The Morgan fingerprint density at radius 1 is 1.38 bits per heavy atom. The van der Waals surface area contributed by atoms with Crippen molar-refractivity contribution < 1.29 is 4.79 Å². The van der Waals surface area contributed by atoms with Crippen molar-refractivity contribution in [3.63, 3.8) is 0 Å². The largest absolute Gasteiger partial charge is 0.356 e. The van der Waals surface area contributed by atoms with Crippen LogP contribution >= 0.6 is 0 Å². The monoisotopic (exact) mass is 185 g/mol. The van der Waals surface area contributed by atoms with Crippen LogP contribution in [-0.4, -0.2) is 12.5 Å². The minimum absolute atomic E-state index is 0.164. The van der Waals surface area contributed by atoms with E-state index in [1.807, 2.05) is 33.8 Å². The molecule has 0 aliphatic carbocycles. The third-order valence-electron chi connectivity index (χ3n) is 1.38. The molecule has 0 aromatic carbocycles. The van der Waals surface area contributed by atoms with E-state index in [0.717, 1.165) is 19.4 Å². The van der Waals surface area contributed by atoms with Crippen LogP contribution in [0.25, 0.3) is 0 Å². The predicted molar refractivity (Wildman–Crippen MR) is 58.7 cm³/mol. The summed E-state index contributed by atoms with van der Waals surface area (Å²) >= 11 is 0. The van der Waals surface area contributed by atoms with Crippen molar-refractivity contribution in [2.75, 3.05) is 6.54 Å². The average molecular weight is 185 g/mol. The highest BCUT2D eigenvalue weighted by atomic mass is 16.1. The smallest absolute Gasteiger partial charge is 0.219 e. The van der Waals surface area contributed by atoms with Gasteiger partial charge in [-0.1, -0.05) is 26.0 Å². The molecule has 13 heavy (non-hydrogen) atoms. The molecule has 0 aliphatic heterocycles. The van der Waals surface area contributed by atoms with Crippen LogP contribution in [0.4, 0.5) is 0 Å². The van der Waals surface area contributed by atoms with Gasteiger partial charge in [0, 0.05) is 13.0 Å². The van der Waals surface area contributed by atoms with E-state index >= 15 is 0 Å². The summed E-state index contributed by atoms with van der Waals surface area (Å²) in [5, 5.41) is 2.76. The van der Waals surface area contributed by atoms with Gasteiger partial charge in [-0.2, -0.15) is 0 Å². The average Bonchev–Trinajstić information content (AvgIpc) is 2.16. The highest BCUT2D eigenvalue weighted by molar-refractivity contribution is 5.75. The Labute approximate surface area is 82.4 Å². The van der Waals surface area contributed by atoms with Crippen LogP contribution in [0.5, 0.6) is 0 Å². The van der Waals surface area contributed by atoms with Crippen molar-refractivity contribution in [1.29, 1.82) is 0 Å². The summed E-state index contributed by atoms with van der Waals surface area (Å²) in [6.07, 6.45) is 6.71. The number of allylic oxidation sites excluding steroid dienone is 2. The van der Waals surface area contributed by atoms with Gasteiger partial charge in [0.2, 0.25) is 5.91 Å². The lowest BCUT2D eigenvalue weighted by molar-refractivity contribution is -0.121. The van der Waals surface area contributed by atoms with E-state index in [1.54, 1.807) is 0 Å². The molecule has 1 amide bonds. The summed E-state index contributed by atoms with van der Waals surface area (Å²) in [5.41, 5.74) is 0. The predicted octanol–water partition coefficient (Wildman–Crippen LogP) is 2.90. The maximum Gasteiger partial charge on any atom is 0.219 e. The standard InChI is InChI=1S/C9H17NO.C2H6/c1-3-5-6-7-8-9(11)10-4-2;1-2/h3,5H,4,6-8H2,1-2H3,(H,10,11);1-2H3/b5-3-;. The first kappa shape index (κ1) is 14.7. The molecule has 0 rings (SSSR count). The number of amides is 1. The Bertz CT molecular complexity index is 130. The van der Waals surface area contributed by atoms with Crippen LogP contribution in [0.15, 0.2) is 12.2 Å². The molecule has 0 aromatic heterocycles. The highest BCUT2D eigenvalue weighted by Crippen LogP contribution is 1.95. The Morgan fingerprint density at radius 2 is 2.00 bits per heavy atom. The third-order valence-corrected chi connectivity index (χ3v) is 1.38. The fraction of sp³-hybridized carbons (Fsp3) is 0.727. The topological polar surface area (TPSA) is 29.1 Å². The molecule has 78 valence electrons. The minimum atomic E-state index is 0.164. The zero-order valence-electron chi connectivity index (χ0n) is 9.39. The van der Waals surface area contributed by atoms with Gasteiger partial charge in [-0.3, -0.25) is 4.79 Å². The number of unbranched alkanes of at least 4 members (excludes halogenated alkanes) is 1. The van der Waals surface area contributed by atoms with E-state index in [1.165, 1.54) is 0 Å². The van der Waals surface area contributed by atoms with Gasteiger partial charge in [-0.05, 0) is 26.7 Å². The molecule has 1 N–H and O–H groups in total. The number of carbonyl (C=O) groups is 1. The van der Waals surface area contributed by atoms with Crippen molar-refractivity contribution >= 4 is 5.91 Å². The Balaban J connectivity index is 0. The molecule has 0 saturated carbocycles. The molecule has 0 spiro atoms. The Morgan fingerprint density at radius 3 is 2.46 bits per heavy atom. The maximum atomic E-state index is 10.9. The summed E-state index contributed by atoms with van der Waals surface area (Å²) < 4.78 is 0. The van der Waals surface area contributed by atoms with E-state index in [9.17, 15) is 4.79 Å². The third kappa shape index (κ3) is 14.1. The normalized spacial score (nSPS) is 9.23. The number of carbonyl (C=O) groups excluding carboxylic acids is 1. The molecule has 2 nitrogen and oxygen atoms in total. The molecule has 0 radical (unpaired) electrons. The van der Waals surface area contributed by atoms with Crippen LogP contribution in [0, 0.1) is 0 Å². The van der Waals surface area contributed by atoms with Crippen LogP contribution in [0.2, 0.25) is 0 Å². The van der Waals surface area contributed by atoms with Gasteiger partial charge in [-0.15, -0.1) is 0 Å².